The molecule has 0 amide bonds. The van der Waals surface area contributed by atoms with Crippen LogP contribution in [-0.2, 0) is 6.42 Å². The molecule has 1 fully saturated rings. The van der Waals surface area contributed by atoms with Crippen molar-refractivity contribution in [3.8, 4) is 6.07 Å². The van der Waals surface area contributed by atoms with Crippen LogP contribution in [0.25, 0.3) is 0 Å². The molecule has 1 aromatic rings. The molecule has 1 heterocycles. The summed E-state index contributed by atoms with van der Waals surface area (Å²) in [5, 5.41) is 12.7. The summed E-state index contributed by atoms with van der Waals surface area (Å²) in [4.78, 5) is 0. The first kappa shape index (κ1) is 14.4. The molecule has 0 aromatic heterocycles. The Balaban J connectivity index is 0.00000133. The van der Waals surface area contributed by atoms with E-state index in [1.54, 1.807) is 0 Å². The predicted octanol–water partition coefficient (Wildman–Crippen LogP) is 3.75. The molecule has 0 saturated heterocycles. The molecule has 19 heavy (non-hydrogen) atoms. The zero-order valence-electron chi connectivity index (χ0n) is 11.2. The van der Waals surface area contributed by atoms with Crippen molar-refractivity contribution in [3.63, 3.8) is 0 Å². The van der Waals surface area contributed by atoms with Gasteiger partial charge in [0.15, 0.2) is 0 Å². The number of nitriles is 1. The molecule has 3 heteroatoms. The average Bonchev–Trinajstić information content (AvgIpc) is 2.47. The molecule has 102 valence electrons. The van der Waals surface area contributed by atoms with Gasteiger partial charge in [0, 0.05) is 6.04 Å². The molecule has 1 atom stereocenters. The highest BCUT2D eigenvalue weighted by molar-refractivity contribution is 5.85. The van der Waals surface area contributed by atoms with E-state index >= 15 is 0 Å². The van der Waals surface area contributed by atoms with Crippen LogP contribution < -0.4 is 5.32 Å². The molecule has 1 saturated carbocycles. The standard InChI is InChI=1S/C16H20N2.ClH/c17-11-12-6-7-15-14(10-12)8-9-18-16(15)13-4-2-1-3-5-13;/h6-7,10,13,16,18H,1-5,8-9H2;1H. The van der Waals surface area contributed by atoms with Crippen molar-refractivity contribution >= 4 is 12.4 Å². The van der Waals surface area contributed by atoms with Crippen LogP contribution in [0.15, 0.2) is 18.2 Å². The zero-order chi connectivity index (χ0) is 12.4. The summed E-state index contributed by atoms with van der Waals surface area (Å²) in [5.41, 5.74) is 3.65. The molecule has 1 N–H and O–H groups in total. The fourth-order valence-corrected chi connectivity index (χ4v) is 3.56. The van der Waals surface area contributed by atoms with Gasteiger partial charge in [-0.1, -0.05) is 25.3 Å². The third kappa shape index (κ3) is 2.94. The number of benzene rings is 1. The van der Waals surface area contributed by atoms with E-state index in [0.29, 0.717) is 6.04 Å². The first-order valence-corrected chi connectivity index (χ1v) is 7.15. The maximum atomic E-state index is 8.99. The molecule has 2 nitrogen and oxygen atoms in total. The molecule has 1 aromatic carbocycles. The normalized spacial score (nSPS) is 23.0. The van der Waals surface area contributed by atoms with Gasteiger partial charge in [0.05, 0.1) is 11.6 Å². The van der Waals surface area contributed by atoms with E-state index in [1.807, 2.05) is 6.07 Å². The van der Waals surface area contributed by atoms with Gasteiger partial charge in [-0.05, 0) is 55.0 Å². The molecular weight excluding hydrogens is 256 g/mol. The SMILES string of the molecule is Cl.N#Cc1ccc2c(c1)CCNC2C1CCCCC1. The number of hydrogen-bond acceptors (Lipinski definition) is 2. The third-order valence-electron chi connectivity index (χ3n) is 4.49. The minimum absolute atomic E-state index is 0. The number of fused-ring (bicyclic) bond motifs is 1. The first-order valence-electron chi connectivity index (χ1n) is 7.15. The van der Waals surface area contributed by atoms with Crippen LogP contribution >= 0.6 is 12.4 Å². The lowest BCUT2D eigenvalue weighted by Gasteiger charge is -2.35. The van der Waals surface area contributed by atoms with Gasteiger partial charge in [0.2, 0.25) is 0 Å². The van der Waals surface area contributed by atoms with E-state index in [1.165, 1.54) is 43.2 Å². The van der Waals surface area contributed by atoms with E-state index in [0.717, 1.165) is 24.4 Å². The molecule has 1 aliphatic carbocycles. The van der Waals surface area contributed by atoms with Crippen molar-refractivity contribution < 1.29 is 0 Å². The Morgan fingerprint density at radius 2 is 1.95 bits per heavy atom. The highest BCUT2D eigenvalue weighted by Gasteiger charge is 2.28. The molecule has 0 radical (unpaired) electrons. The van der Waals surface area contributed by atoms with Crippen molar-refractivity contribution in [3.05, 3.63) is 34.9 Å². The second-order valence-electron chi connectivity index (χ2n) is 5.61. The Bertz CT molecular complexity index is 472. The van der Waals surface area contributed by atoms with Gasteiger partial charge in [-0.2, -0.15) is 5.26 Å². The Morgan fingerprint density at radius 3 is 2.68 bits per heavy atom. The molecule has 0 spiro atoms. The summed E-state index contributed by atoms with van der Waals surface area (Å²) < 4.78 is 0. The second kappa shape index (κ2) is 6.41. The number of rotatable bonds is 1. The fourth-order valence-electron chi connectivity index (χ4n) is 3.56. The summed E-state index contributed by atoms with van der Waals surface area (Å²) >= 11 is 0. The zero-order valence-corrected chi connectivity index (χ0v) is 12.0. The van der Waals surface area contributed by atoms with Crippen LogP contribution in [0, 0.1) is 17.2 Å². The molecular formula is C16H21ClN2. The van der Waals surface area contributed by atoms with Gasteiger partial charge in [-0.25, -0.2) is 0 Å². The van der Waals surface area contributed by atoms with Gasteiger partial charge >= 0.3 is 0 Å². The van der Waals surface area contributed by atoms with Crippen LogP contribution in [0.5, 0.6) is 0 Å². The van der Waals surface area contributed by atoms with Crippen LogP contribution in [-0.4, -0.2) is 6.54 Å². The van der Waals surface area contributed by atoms with E-state index in [-0.39, 0.29) is 12.4 Å². The van der Waals surface area contributed by atoms with E-state index in [2.05, 4.69) is 23.5 Å². The van der Waals surface area contributed by atoms with Gasteiger partial charge in [-0.3, -0.25) is 0 Å². The number of nitrogens with one attached hydrogen (secondary N) is 1. The minimum atomic E-state index is 0. The Morgan fingerprint density at radius 1 is 1.16 bits per heavy atom. The molecule has 3 rings (SSSR count). The third-order valence-corrected chi connectivity index (χ3v) is 4.49. The number of hydrogen-bond donors (Lipinski definition) is 1. The summed E-state index contributed by atoms with van der Waals surface area (Å²) in [7, 11) is 0. The molecule has 2 aliphatic rings. The van der Waals surface area contributed by atoms with Crippen LogP contribution in [0.2, 0.25) is 0 Å². The maximum Gasteiger partial charge on any atom is 0.0991 e. The van der Waals surface area contributed by atoms with Gasteiger partial charge in [0.1, 0.15) is 0 Å². The van der Waals surface area contributed by atoms with Crippen LogP contribution in [0.4, 0.5) is 0 Å². The lowest BCUT2D eigenvalue weighted by atomic mass is 9.78. The number of halogens is 1. The smallest absolute Gasteiger partial charge is 0.0991 e. The van der Waals surface area contributed by atoms with Crippen LogP contribution in [0.3, 0.4) is 0 Å². The molecule has 0 bridgehead atoms. The van der Waals surface area contributed by atoms with Gasteiger partial charge in [-0.15, -0.1) is 12.4 Å². The summed E-state index contributed by atoms with van der Waals surface area (Å²) in [6, 6.07) is 9.02. The fraction of sp³-hybridized carbons (Fsp3) is 0.562. The lowest BCUT2D eigenvalue weighted by molar-refractivity contribution is 0.265. The summed E-state index contributed by atoms with van der Waals surface area (Å²) in [5.74, 6) is 0.797. The van der Waals surface area contributed by atoms with Crippen LogP contribution in [0.1, 0.15) is 54.8 Å². The highest BCUT2D eigenvalue weighted by Crippen LogP contribution is 2.37. The Hall–Kier alpha value is -1.04. The van der Waals surface area contributed by atoms with Crippen molar-refractivity contribution in [2.75, 3.05) is 6.54 Å². The first-order chi connectivity index (χ1) is 8.88. The van der Waals surface area contributed by atoms with E-state index in [9.17, 15) is 0 Å². The van der Waals surface area contributed by atoms with Crippen molar-refractivity contribution in [2.45, 2.75) is 44.6 Å². The molecule has 1 unspecified atom stereocenters. The average molecular weight is 277 g/mol. The van der Waals surface area contributed by atoms with Crippen molar-refractivity contribution in [2.24, 2.45) is 5.92 Å². The van der Waals surface area contributed by atoms with E-state index in [4.69, 9.17) is 5.26 Å². The Kier molecular flexibility index (Phi) is 4.85. The summed E-state index contributed by atoms with van der Waals surface area (Å²) in [6.07, 6.45) is 7.95. The van der Waals surface area contributed by atoms with E-state index < -0.39 is 0 Å². The molecule has 1 aliphatic heterocycles. The van der Waals surface area contributed by atoms with Crippen molar-refractivity contribution in [1.29, 1.82) is 5.26 Å². The largest absolute Gasteiger partial charge is 0.309 e. The highest BCUT2D eigenvalue weighted by atomic mass is 35.5. The quantitative estimate of drug-likeness (QED) is 0.848. The Labute approximate surface area is 121 Å². The predicted molar refractivity (Wildman–Crippen MR) is 79.4 cm³/mol. The topological polar surface area (TPSA) is 35.8 Å². The van der Waals surface area contributed by atoms with Gasteiger partial charge in [0.25, 0.3) is 0 Å². The van der Waals surface area contributed by atoms with Gasteiger partial charge < -0.3 is 5.32 Å². The minimum Gasteiger partial charge on any atom is -0.309 e. The second-order valence-corrected chi connectivity index (χ2v) is 5.61. The number of nitrogens with zero attached hydrogens (tertiary/aromatic N) is 1. The lowest BCUT2D eigenvalue weighted by Crippen LogP contribution is -2.35. The summed E-state index contributed by atoms with van der Waals surface area (Å²) in [6.45, 7) is 1.06. The monoisotopic (exact) mass is 276 g/mol. The maximum absolute atomic E-state index is 8.99. The van der Waals surface area contributed by atoms with Crippen molar-refractivity contribution in [1.82, 2.24) is 5.32 Å².